The molecule has 1 aromatic carbocycles. The minimum absolute atomic E-state index is 0.0401. The lowest BCUT2D eigenvalue weighted by Crippen LogP contribution is -2.39. The summed E-state index contributed by atoms with van der Waals surface area (Å²) in [6.07, 6.45) is 17.2. The third-order valence-electron chi connectivity index (χ3n) is 10.5. The normalized spacial score (nSPS) is 21.2. The van der Waals surface area contributed by atoms with Gasteiger partial charge in [0.25, 0.3) is 0 Å². The van der Waals surface area contributed by atoms with Gasteiger partial charge < -0.3 is 44.1 Å². The van der Waals surface area contributed by atoms with E-state index in [1.807, 2.05) is 6.07 Å². The standard InChI is InChI=1S/C41H63FN5O8PS/c1-3-4-5-6-7-8-9-10-11-12-13-14-15-16-17-18-21-51-27-34(52-26-32-22-31(25-43)23-33(42)24-32)28-53-56(50,57)54-29-36-38(48)39(49)41(2,55-36)37-20-19-35-40(44)45-30-46-47(35)37/h19-20,22-24,30,34,36,38-39,48-49H,3-18,21,26-29H2,1-2H3,(H,50,57)(H2,44,45,46)/t34-,36-,38-,39-,41+,56?/m1/s1. The molecule has 13 nitrogen and oxygen atoms in total. The lowest BCUT2D eigenvalue weighted by molar-refractivity contribution is -0.0886. The molecule has 0 saturated carbocycles. The van der Waals surface area contributed by atoms with Crippen LogP contribution in [-0.2, 0) is 47.3 Å². The van der Waals surface area contributed by atoms with E-state index in [9.17, 15) is 24.8 Å². The quantitative estimate of drug-likeness (QED) is 0.0393. The van der Waals surface area contributed by atoms with E-state index in [1.165, 1.54) is 106 Å². The van der Waals surface area contributed by atoms with Gasteiger partial charge in [-0.05, 0) is 61.0 Å². The van der Waals surface area contributed by atoms with Crippen molar-refractivity contribution in [2.45, 2.75) is 153 Å². The van der Waals surface area contributed by atoms with E-state index >= 15 is 0 Å². The number of nitriles is 1. The van der Waals surface area contributed by atoms with E-state index < -0.39 is 42.6 Å². The summed E-state index contributed by atoms with van der Waals surface area (Å²) in [4.78, 5) is 14.9. The molecule has 3 heterocycles. The van der Waals surface area contributed by atoms with Crippen LogP contribution in [0.3, 0.4) is 0 Å². The van der Waals surface area contributed by atoms with Crippen LogP contribution in [0.4, 0.5) is 10.2 Å². The Labute approximate surface area is 342 Å². The average Bonchev–Trinajstić information content (AvgIpc) is 3.73. The van der Waals surface area contributed by atoms with Crippen LogP contribution in [-0.4, -0.2) is 80.5 Å². The topological polar surface area (TPSA) is 187 Å². The Balaban J connectivity index is 1.18. The monoisotopic (exact) mass is 835 g/mol. The van der Waals surface area contributed by atoms with Crippen molar-refractivity contribution in [2.24, 2.45) is 0 Å². The number of nitrogens with zero attached hydrogens (tertiary/aromatic N) is 4. The largest absolute Gasteiger partial charge is 0.387 e. The van der Waals surface area contributed by atoms with Gasteiger partial charge in [0.15, 0.2) is 5.82 Å². The van der Waals surface area contributed by atoms with E-state index in [4.69, 9.17) is 40.8 Å². The van der Waals surface area contributed by atoms with Crippen LogP contribution in [0.2, 0.25) is 0 Å². The second-order valence-electron chi connectivity index (χ2n) is 15.2. The molecule has 1 fully saturated rings. The Morgan fingerprint density at radius 1 is 0.965 bits per heavy atom. The number of nitrogen functional groups attached to an aromatic ring is 1. The Morgan fingerprint density at radius 2 is 1.60 bits per heavy atom. The van der Waals surface area contributed by atoms with Gasteiger partial charge in [-0.1, -0.05) is 103 Å². The number of fused-ring (bicyclic) bond motifs is 1. The summed E-state index contributed by atoms with van der Waals surface area (Å²) in [5.41, 5.74) is 6.11. The maximum absolute atomic E-state index is 14.1. The third kappa shape index (κ3) is 15.2. The minimum atomic E-state index is -3.91. The zero-order chi connectivity index (χ0) is 41.1. The second-order valence-corrected chi connectivity index (χ2v) is 18.0. The Kier molecular flexibility index (Phi) is 20.2. The molecule has 16 heteroatoms. The first-order valence-electron chi connectivity index (χ1n) is 20.6. The SMILES string of the molecule is CCCCCCCCCCCCCCCCCCOC[C@H](COP(O)(=S)OC[C@H]1O[C@@](C)(c2ccc3c(N)ncnn23)[C@H](O)[C@@H]1O)OCc1cc(F)cc(C#N)c1. The number of anilines is 1. The molecule has 1 aliphatic rings. The highest BCUT2D eigenvalue weighted by molar-refractivity contribution is 8.07. The maximum atomic E-state index is 14.1. The summed E-state index contributed by atoms with van der Waals surface area (Å²) < 4.78 is 44.8. The molecule has 318 valence electrons. The first kappa shape index (κ1) is 47.1. The van der Waals surface area contributed by atoms with Gasteiger partial charge in [0.1, 0.15) is 47.7 Å². The summed E-state index contributed by atoms with van der Waals surface area (Å²) in [5, 5.41) is 35.4. The molecule has 2 aromatic heterocycles. The molecule has 0 bridgehead atoms. The van der Waals surface area contributed by atoms with Gasteiger partial charge in [-0.3, -0.25) is 0 Å². The van der Waals surface area contributed by atoms with Gasteiger partial charge >= 0.3 is 6.72 Å². The van der Waals surface area contributed by atoms with Crippen molar-refractivity contribution >= 4 is 29.9 Å². The van der Waals surface area contributed by atoms with Crippen LogP contribution in [0.15, 0.2) is 36.7 Å². The van der Waals surface area contributed by atoms with Gasteiger partial charge in [0, 0.05) is 6.61 Å². The van der Waals surface area contributed by atoms with Gasteiger partial charge in [-0.2, -0.15) is 10.4 Å². The summed E-state index contributed by atoms with van der Waals surface area (Å²) in [6.45, 7) is -0.0580. The average molecular weight is 836 g/mol. The molecule has 3 aromatic rings. The molecule has 0 radical (unpaired) electrons. The van der Waals surface area contributed by atoms with Crippen molar-refractivity contribution in [3.63, 3.8) is 0 Å². The van der Waals surface area contributed by atoms with E-state index in [0.29, 0.717) is 23.4 Å². The number of hydrogen-bond donors (Lipinski definition) is 4. The molecule has 0 amide bonds. The number of aromatic nitrogens is 3. The highest BCUT2D eigenvalue weighted by Gasteiger charge is 2.54. The van der Waals surface area contributed by atoms with Gasteiger partial charge in [0.2, 0.25) is 0 Å². The highest BCUT2D eigenvalue weighted by Crippen LogP contribution is 2.46. The molecule has 1 aliphatic heterocycles. The summed E-state index contributed by atoms with van der Waals surface area (Å²) >= 11 is 5.27. The number of rotatable bonds is 29. The zero-order valence-corrected chi connectivity index (χ0v) is 35.3. The maximum Gasteiger partial charge on any atom is 0.324 e. The number of aliphatic hydroxyl groups is 2. The lowest BCUT2D eigenvalue weighted by Gasteiger charge is -2.27. The van der Waals surface area contributed by atoms with Crippen LogP contribution < -0.4 is 5.73 Å². The molecule has 57 heavy (non-hydrogen) atoms. The van der Waals surface area contributed by atoms with Crippen LogP contribution in [0, 0.1) is 17.1 Å². The summed E-state index contributed by atoms with van der Waals surface area (Å²) in [6, 6.07) is 9.25. The zero-order valence-electron chi connectivity index (χ0n) is 33.6. The summed E-state index contributed by atoms with van der Waals surface area (Å²) in [5.74, 6) is -0.318. The molecule has 0 aliphatic carbocycles. The van der Waals surface area contributed by atoms with E-state index in [1.54, 1.807) is 19.1 Å². The molecule has 0 spiro atoms. The fourth-order valence-electron chi connectivity index (χ4n) is 7.16. The van der Waals surface area contributed by atoms with Crippen molar-refractivity contribution in [1.82, 2.24) is 14.6 Å². The molecule has 1 unspecified atom stereocenters. The fourth-order valence-corrected chi connectivity index (χ4v) is 8.29. The van der Waals surface area contributed by atoms with Crippen molar-refractivity contribution < 1.29 is 42.8 Å². The Bertz CT molecular complexity index is 1730. The smallest absolute Gasteiger partial charge is 0.324 e. The van der Waals surface area contributed by atoms with Crippen LogP contribution in [0.1, 0.15) is 133 Å². The van der Waals surface area contributed by atoms with Gasteiger partial charge in [-0.25, -0.2) is 13.9 Å². The number of aliphatic hydroxyl groups excluding tert-OH is 2. The number of unbranched alkanes of at least 4 members (excludes halogenated alkanes) is 15. The fraction of sp³-hybridized carbons (Fsp3) is 0.683. The molecule has 5 N–H and O–H groups in total. The van der Waals surface area contributed by atoms with Gasteiger partial charge in [-0.15, -0.1) is 0 Å². The summed E-state index contributed by atoms with van der Waals surface area (Å²) in [7, 11) is 0. The number of hydrogen-bond acceptors (Lipinski definition) is 12. The number of benzene rings is 1. The molecule has 6 atom stereocenters. The first-order chi connectivity index (χ1) is 27.5. The first-order valence-corrected chi connectivity index (χ1v) is 23.2. The number of halogens is 1. The number of ether oxygens (including phenoxy) is 3. The predicted molar refractivity (Wildman–Crippen MR) is 220 cm³/mol. The lowest BCUT2D eigenvalue weighted by atomic mass is 9.93. The van der Waals surface area contributed by atoms with E-state index in [-0.39, 0.29) is 37.8 Å². The Morgan fingerprint density at radius 3 is 2.23 bits per heavy atom. The highest BCUT2D eigenvalue weighted by atomic mass is 32.5. The third-order valence-corrected chi connectivity index (χ3v) is 12.1. The van der Waals surface area contributed by atoms with Crippen molar-refractivity contribution in [2.75, 3.05) is 32.2 Å². The molecular formula is C41H63FN5O8PS. The predicted octanol–water partition coefficient (Wildman–Crippen LogP) is 7.77. The molecule has 1 saturated heterocycles. The number of nitrogens with two attached hydrogens (primary N) is 1. The van der Waals surface area contributed by atoms with Crippen molar-refractivity contribution in [3.05, 3.63) is 59.3 Å². The van der Waals surface area contributed by atoms with Crippen LogP contribution in [0.5, 0.6) is 0 Å². The van der Waals surface area contributed by atoms with Crippen LogP contribution in [0.25, 0.3) is 5.52 Å². The second kappa shape index (κ2) is 24.5. The Hall–Kier alpha value is -2.61. The van der Waals surface area contributed by atoms with Gasteiger partial charge in [0.05, 0.1) is 43.8 Å². The minimum Gasteiger partial charge on any atom is -0.387 e. The van der Waals surface area contributed by atoms with Crippen molar-refractivity contribution in [1.29, 1.82) is 5.26 Å². The molecular weight excluding hydrogens is 773 g/mol. The van der Waals surface area contributed by atoms with E-state index in [2.05, 4.69) is 17.0 Å². The molecule has 4 rings (SSSR count). The van der Waals surface area contributed by atoms with Crippen LogP contribution >= 0.6 is 6.72 Å². The van der Waals surface area contributed by atoms with E-state index in [0.717, 1.165) is 25.3 Å². The van der Waals surface area contributed by atoms with Crippen molar-refractivity contribution in [3.8, 4) is 6.07 Å².